The van der Waals surface area contributed by atoms with E-state index in [1.807, 2.05) is 0 Å². The third-order valence-corrected chi connectivity index (χ3v) is 5.21. The zero-order chi connectivity index (χ0) is 23.4. The minimum atomic E-state index is -1.82. The summed E-state index contributed by atoms with van der Waals surface area (Å²) in [6.45, 7) is 7.45. The normalized spacial score (nSPS) is 25.2. The molecule has 0 amide bonds. The van der Waals surface area contributed by atoms with E-state index in [2.05, 4.69) is 13.2 Å². The van der Waals surface area contributed by atoms with Crippen molar-refractivity contribution in [3.05, 3.63) is 72.8 Å². The SMILES string of the molecule is C=CCc1ccc(O)c(-c2cc(CC=C)ccc2OC2O[C@H](C(=O)O)[C@@H](O)[C@H](O)[C@H]2O)c1. The molecule has 1 unspecified atom stereocenters. The number of aliphatic hydroxyl groups is 3. The number of carbonyl (C=O) groups is 1. The van der Waals surface area contributed by atoms with E-state index >= 15 is 0 Å². The molecule has 0 aromatic heterocycles. The molecule has 2 aromatic carbocycles. The molecule has 32 heavy (non-hydrogen) atoms. The van der Waals surface area contributed by atoms with E-state index in [0.717, 1.165) is 11.1 Å². The van der Waals surface area contributed by atoms with Crippen molar-refractivity contribution in [2.45, 2.75) is 43.5 Å². The Hall–Kier alpha value is -3.17. The van der Waals surface area contributed by atoms with Crippen molar-refractivity contribution < 1.29 is 39.8 Å². The van der Waals surface area contributed by atoms with Gasteiger partial charge in [-0.1, -0.05) is 24.3 Å². The fourth-order valence-electron chi connectivity index (χ4n) is 3.55. The van der Waals surface area contributed by atoms with Gasteiger partial charge in [-0.15, -0.1) is 13.2 Å². The molecule has 1 aliphatic rings. The Morgan fingerprint density at radius 3 is 2.12 bits per heavy atom. The van der Waals surface area contributed by atoms with Crippen LogP contribution in [0.15, 0.2) is 61.7 Å². The highest BCUT2D eigenvalue weighted by atomic mass is 16.7. The van der Waals surface area contributed by atoms with Gasteiger partial charge in [0.2, 0.25) is 6.29 Å². The van der Waals surface area contributed by atoms with Crippen LogP contribution in [0.5, 0.6) is 11.5 Å². The Morgan fingerprint density at radius 1 is 0.938 bits per heavy atom. The molecule has 3 rings (SSSR count). The molecule has 0 bridgehead atoms. The average Bonchev–Trinajstić information content (AvgIpc) is 2.76. The molecule has 5 atom stereocenters. The van der Waals surface area contributed by atoms with E-state index in [0.29, 0.717) is 24.0 Å². The Labute approximate surface area is 185 Å². The van der Waals surface area contributed by atoms with Gasteiger partial charge < -0.3 is 35.0 Å². The molecule has 170 valence electrons. The molecule has 0 spiro atoms. The highest BCUT2D eigenvalue weighted by Crippen LogP contribution is 2.39. The lowest BCUT2D eigenvalue weighted by atomic mass is 9.96. The van der Waals surface area contributed by atoms with Crippen LogP contribution in [0, 0.1) is 0 Å². The molecule has 5 N–H and O–H groups in total. The smallest absolute Gasteiger partial charge is 0.335 e. The van der Waals surface area contributed by atoms with Gasteiger partial charge in [0, 0.05) is 11.1 Å². The summed E-state index contributed by atoms with van der Waals surface area (Å²) in [6.07, 6.45) is -4.10. The lowest BCUT2D eigenvalue weighted by molar-refractivity contribution is -0.271. The van der Waals surface area contributed by atoms with Crippen molar-refractivity contribution in [2.24, 2.45) is 0 Å². The quantitative estimate of drug-likeness (QED) is 0.390. The van der Waals surface area contributed by atoms with Crippen LogP contribution in [-0.2, 0) is 22.4 Å². The average molecular weight is 442 g/mol. The van der Waals surface area contributed by atoms with Crippen molar-refractivity contribution in [3.63, 3.8) is 0 Å². The maximum atomic E-state index is 11.4. The summed E-state index contributed by atoms with van der Waals surface area (Å²) in [5.41, 5.74) is 2.69. The predicted octanol–water partition coefficient (Wildman–Crippen LogP) is 1.79. The molecular formula is C24H26O8. The standard InChI is InChI=1S/C24H26O8/c1-3-5-13-7-9-17(25)15(11-13)16-12-14(6-4-2)8-10-18(16)31-24-21(28)19(26)20(27)22(32-24)23(29)30/h3-4,7-12,19-22,24-28H,1-2,5-6H2,(H,29,30)/t19-,20-,21+,22-,24?/m0/s1. The van der Waals surface area contributed by atoms with Gasteiger partial charge in [-0.05, 0) is 48.2 Å². The van der Waals surface area contributed by atoms with Crippen molar-refractivity contribution in [3.8, 4) is 22.6 Å². The van der Waals surface area contributed by atoms with Gasteiger partial charge >= 0.3 is 5.97 Å². The second-order valence-corrected chi connectivity index (χ2v) is 7.52. The third-order valence-electron chi connectivity index (χ3n) is 5.21. The van der Waals surface area contributed by atoms with Crippen molar-refractivity contribution in [1.29, 1.82) is 0 Å². The number of allylic oxidation sites excluding steroid dienone is 2. The minimum Gasteiger partial charge on any atom is -0.507 e. The summed E-state index contributed by atoms with van der Waals surface area (Å²) in [6, 6.07) is 10.2. The van der Waals surface area contributed by atoms with Crippen molar-refractivity contribution >= 4 is 5.97 Å². The molecule has 1 fully saturated rings. The number of rotatable bonds is 8. The molecule has 2 aromatic rings. The molecule has 0 aliphatic carbocycles. The maximum Gasteiger partial charge on any atom is 0.335 e. The minimum absolute atomic E-state index is 0.0117. The summed E-state index contributed by atoms with van der Waals surface area (Å²) in [4.78, 5) is 11.4. The van der Waals surface area contributed by atoms with Gasteiger partial charge in [-0.3, -0.25) is 0 Å². The summed E-state index contributed by atoms with van der Waals surface area (Å²) >= 11 is 0. The van der Waals surface area contributed by atoms with Crippen molar-refractivity contribution in [2.75, 3.05) is 0 Å². The lowest BCUT2D eigenvalue weighted by Gasteiger charge is -2.38. The molecule has 1 heterocycles. The Kier molecular flexibility index (Phi) is 7.32. The Morgan fingerprint density at radius 2 is 1.53 bits per heavy atom. The first-order chi connectivity index (χ1) is 15.3. The number of ether oxygens (including phenoxy) is 2. The number of hydrogen-bond acceptors (Lipinski definition) is 7. The monoisotopic (exact) mass is 442 g/mol. The van der Waals surface area contributed by atoms with Crippen molar-refractivity contribution in [1.82, 2.24) is 0 Å². The van der Waals surface area contributed by atoms with Crippen LogP contribution in [-0.4, -0.2) is 62.2 Å². The zero-order valence-electron chi connectivity index (χ0n) is 17.3. The van der Waals surface area contributed by atoms with E-state index in [-0.39, 0.29) is 11.5 Å². The second-order valence-electron chi connectivity index (χ2n) is 7.52. The number of benzene rings is 2. The number of carboxylic acid groups (broad SMARTS) is 1. The number of phenolic OH excluding ortho intramolecular Hbond substituents is 1. The lowest BCUT2D eigenvalue weighted by Crippen LogP contribution is -2.61. The van der Waals surface area contributed by atoms with Gasteiger partial charge in [0.25, 0.3) is 0 Å². The molecule has 1 aliphatic heterocycles. The first-order valence-electron chi connectivity index (χ1n) is 10.0. The molecule has 1 saturated heterocycles. The number of aliphatic hydroxyl groups excluding tert-OH is 3. The first-order valence-corrected chi connectivity index (χ1v) is 10.0. The summed E-state index contributed by atoms with van der Waals surface area (Å²) in [5, 5.41) is 50.0. The molecule has 8 nitrogen and oxygen atoms in total. The molecule has 0 radical (unpaired) electrons. The van der Waals surface area contributed by atoms with Crippen LogP contribution in [0.2, 0.25) is 0 Å². The number of phenols is 1. The molecule has 8 heteroatoms. The van der Waals surface area contributed by atoms with Gasteiger partial charge in [0.1, 0.15) is 29.8 Å². The summed E-state index contributed by atoms with van der Waals surface area (Å²) in [5.74, 6) is -1.34. The van der Waals surface area contributed by atoms with Gasteiger partial charge in [-0.25, -0.2) is 4.79 Å². The summed E-state index contributed by atoms with van der Waals surface area (Å²) < 4.78 is 11.0. The van der Waals surface area contributed by atoms with Gasteiger partial charge in [0.05, 0.1) is 0 Å². The zero-order valence-corrected chi connectivity index (χ0v) is 17.3. The second kappa shape index (κ2) is 9.97. The fourth-order valence-corrected chi connectivity index (χ4v) is 3.55. The van der Waals surface area contributed by atoms with Crippen LogP contribution in [0.1, 0.15) is 11.1 Å². The first kappa shape index (κ1) is 23.5. The number of carboxylic acids is 1. The van der Waals surface area contributed by atoms with Crippen LogP contribution < -0.4 is 4.74 Å². The number of hydrogen-bond donors (Lipinski definition) is 5. The van der Waals surface area contributed by atoms with E-state index < -0.39 is 36.7 Å². The van der Waals surface area contributed by atoms with Gasteiger partial charge in [-0.2, -0.15) is 0 Å². The number of aliphatic carboxylic acids is 1. The Balaban J connectivity index is 2.04. The molecular weight excluding hydrogens is 416 g/mol. The van der Waals surface area contributed by atoms with Crippen LogP contribution in [0.4, 0.5) is 0 Å². The largest absolute Gasteiger partial charge is 0.507 e. The van der Waals surface area contributed by atoms with Crippen LogP contribution >= 0.6 is 0 Å². The maximum absolute atomic E-state index is 11.4. The topological polar surface area (TPSA) is 137 Å². The highest BCUT2D eigenvalue weighted by molar-refractivity contribution is 5.77. The third kappa shape index (κ3) is 4.84. The summed E-state index contributed by atoms with van der Waals surface area (Å²) in [7, 11) is 0. The van der Waals surface area contributed by atoms with E-state index in [4.69, 9.17) is 9.47 Å². The molecule has 0 saturated carbocycles. The highest BCUT2D eigenvalue weighted by Gasteiger charge is 2.48. The Bertz CT molecular complexity index is 1000. The van der Waals surface area contributed by atoms with Crippen LogP contribution in [0.3, 0.4) is 0 Å². The van der Waals surface area contributed by atoms with E-state index in [1.54, 1.807) is 48.6 Å². The van der Waals surface area contributed by atoms with E-state index in [9.17, 15) is 30.3 Å². The number of aromatic hydroxyl groups is 1. The fraction of sp³-hybridized carbons (Fsp3) is 0.292. The van der Waals surface area contributed by atoms with Gasteiger partial charge in [0.15, 0.2) is 6.10 Å². The predicted molar refractivity (Wildman–Crippen MR) is 116 cm³/mol. The van der Waals surface area contributed by atoms with Crippen LogP contribution in [0.25, 0.3) is 11.1 Å². The van der Waals surface area contributed by atoms with E-state index in [1.165, 1.54) is 0 Å².